The van der Waals surface area contributed by atoms with E-state index in [9.17, 15) is 14.4 Å². The minimum Gasteiger partial charge on any atom is -0.462 e. The zero-order valence-corrected chi connectivity index (χ0v) is 53.8. The van der Waals surface area contributed by atoms with Crippen LogP contribution in [0.15, 0.2) is 85.1 Å². The van der Waals surface area contributed by atoms with Crippen molar-refractivity contribution in [3.05, 3.63) is 85.1 Å². The van der Waals surface area contributed by atoms with Crippen LogP contribution < -0.4 is 0 Å². The second-order valence-electron chi connectivity index (χ2n) is 23.4. The average Bonchev–Trinajstić information content (AvgIpc) is 3.46. The topological polar surface area (TPSA) is 78.9 Å². The molecule has 0 aliphatic heterocycles. The van der Waals surface area contributed by atoms with E-state index in [1.165, 1.54) is 205 Å². The SMILES string of the molecule is CC/C=C\C/C=C\C/C=C\C/C=C\C/C=C\C/C=C\CCCCCCCCC(=O)OC(COC(=O)CCCCCCCCC)COC(=O)CCCCCCCCCCCCCCCCCCCCC/C=C\CCCCCCCCCC. The zero-order chi connectivity index (χ0) is 58.5. The predicted octanol–water partition coefficient (Wildman–Crippen LogP) is 24.2. The molecule has 1 unspecified atom stereocenters. The van der Waals surface area contributed by atoms with Crippen molar-refractivity contribution in [3.8, 4) is 0 Å². The fourth-order valence-electron chi connectivity index (χ4n) is 10.2. The smallest absolute Gasteiger partial charge is 0.306 e. The van der Waals surface area contributed by atoms with Crippen molar-refractivity contribution in [1.29, 1.82) is 0 Å². The van der Waals surface area contributed by atoms with Crippen molar-refractivity contribution < 1.29 is 28.6 Å². The van der Waals surface area contributed by atoms with E-state index in [0.29, 0.717) is 19.3 Å². The second-order valence-corrected chi connectivity index (χ2v) is 23.4. The second kappa shape index (κ2) is 69.1. The van der Waals surface area contributed by atoms with Crippen molar-refractivity contribution in [3.63, 3.8) is 0 Å². The number of esters is 3. The summed E-state index contributed by atoms with van der Waals surface area (Å²) in [6, 6.07) is 0. The van der Waals surface area contributed by atoms with Gasteiger partial charge in [-0.3, -0.25) is 14.4 Å². The number of carbonyl (C=O) groups excluding carboxylic acids is 3. The van der Waals surface area contributed by atoms with Gasteiger partial charge in [-0.2, -0.15) is 0 Å². The summed E-state index contributed by atoms with van der Waals surface area (Å²) in [5.74, 6) is -0.886. The maximum absolute atomic E-state index is 12.9. The fourth-order valence-corrected chi connectivity index (χ4v) is 10.2. The summed E-state index contributed by atoms with van der Waals surface area (Å²) in [5.41, 5.74) is 0. The zero-order valence-electron chi connectivity index (χ0n) is 53.8. The maximum atomic E-state index is 12.9. The van der Waals surface area contributed by atoms with Crippen LogP contribution in [0.4, 0.5) is 0 Å². The number of hydrogen-bond acceptors (Lipinski definition) is 6. The number of unbranched alkanes of at least 4 members (excludes halogenated alkanes) is 39. The number of carbonyl (C=O) groups is 3. The van der Waals surface area contributed by atoms with E-state index in [4.69, 9.17) is 14.2 Å². The highest BCUT2D eigenvalue weighted by molar-refractivity contribution is 5.71. The van der Waals surface area contributed by atoms with E-state index in [0.717, 1.165) is 109 Å². The van der Waals surface area contributed by atoms with Crippen LogP contribution in [0.1, 0.15) is 355 Å². The van der Waals surface area contributed by atoms with E-state index in [-0.39, 0.29) is 31.1 Å². The monoisotopic (exact) mass is 1130 g/mol. The lowest BCUT2D eigenvalue weighted by Gasteiger charge is -2.18. The van der Waals surface area contributed by atoms with Gasteiger partial charge >= 0.3 is 17.9 Å². The molecule has 0 rings (SSSR count). The third-order valence-electron chi connectivity index (χ3n) is 15.4. The Kier molecular flexibility index (Phi) is 66.2. The lowest BCUT2D eigenvalue weighted by molar-refractivity contribution is -0.167. The summed E-state index contributed by atoms with van der Waals surface area (Å²) in [6.07, 6.45) is 92.2. The molecule has 1 atom stereocenters. The van der Waals surface area contributed by atoms with Gasteiger partial charge in [-0.05, 0) is 96.3 Å². The van der Waals surface area contributed by atoms with Gasteiger partial charge in [-0.1, -0.05) is 324 Å². The van der Waals surface area contributed by atoms with Crippen LogP contribution in [0.5, 0.6) is 0 Å². The van der Waals surface area contributed by atoms with Crippen molar-refractivity contribution in [2.45, 2.75) is 361 Å². The molecule has 6 nitrogen and oxygen atoms in total. The Morgan fingerprint density at radius 3 is 0.765 bits per heavy atom. The van der Waals surface area contributed by atoms with E-state index >= 15 is 0 Å². The Balaban J connectivity index is 4.07. The van der Waals surface area contributed by atoms with Gasteiger partial charge in [-0.25, -0.2) is 0 Å². The molecular weight excluding hydrogens is 997 g/mol. The van der Waals surface area contributed by atoms with Crippen LogP contribution in [0.25, 0.3) is 0 Å². The van der Waals surface area contributed by atoms with E-state index in [1.54, 1.807) is 0 Å². The van der Waals surface area contributed by atoms with Crippen LogP contribution >= 0.6 is 0 Å². The predicted molar refractivity (Wildman–Crippen MR) is 353 cm³/mol. The van der Waals surface area contributed by atoms with Crippen molar-refractivity contribution in [1.82, 2.24) is 0 Å². The first-order valence-corrected chi connectivity index (χ1v) is 35.1. The molecular formula is C75H132O6. The number of rotatable bonds is 64. The molecule has 0 aliphatic rings. The van der Waals surface area contributed by atoms with Gasteiger partial charge in [0.1, 0.15) is 13.2 Å². The fraction of sp³-hybridized carbons (Fsp3) is 0.773. The van der Waals surface area contributed by atoms with Gasteiger partial charge < -0.3 is 14.2 Å². The molecule has 0 aromatic heterocycles. The molecule has 0 aromatic rings. The summed E-state index contributed by atoms with van der Waals surface area (Å²) in [5, 5.41) is 0. The molecule has 0 N–H and O–H groups in total. The lowest BCUT2D eigenvalue weighted by Crippen LogP contribution is -2.30. The minimum atomic E-state index is -0.782. The van der Waals surface area contributed by atoms with Gasteiger partial charge in [0.25, 0.3) is 0 Å². The summed E-state index contributed by atoms with van der Waals surface area (Å²) in [6.45, 7) is 6.51. The van der Waals surface area contributed by atoms with Crippen molar-refractivity contribution in [2.24, 2.45) is 0 Å². The molecule has 0 aromatic carbocycles. The molecule has 0 amide bonds. The molecule has 6 heteroatoms. The summed E-state index contributed by atoms with van der Waals surface area (Å²) in [4.78, 5) is 38.2. The highest BCUT2D eigenvalue weighted by Gasteiger charge is 2.19. The molecule has 0 spiro atoms. The van der Waals surface area contributed by atoms with Crippen LogP contribution in [0.2, 0.25) is 0 Å². The molecule has 0 saturated carbocycles. The molecule has 0 radical (unpaired) electrons. The van der Waals surface area contributed by atoms with Crippen LogP contribution in [-0.4, -0.2) is 37.2 Å². The Bertz CT molecular complexity index is 1530. The Morgan fingerprint density at radius 1 is 0.259 bits per heavy atom. The van der Waals surface area contributed by atoms with Crippen LogP contribution in [0, 0.1) is 0 Å². The van der Waals surface area contributed by atoms with Crippen molar-refractivity contribution >= 4 is 17.9 Å². The van der Waals surface area contributed by atoms with Gasteiger partial charge in [0, 0.05) is 19.3 Å². The van der Waals surface area contributed by atoms with Gasteiger partial charge in [0.05, 0.1) is 0 Å². The van der Waals surface area contributed by atoms with E-state index in [2.05, 4.69) is 106 Å². The van der Waals surface area contributed by atoms with E-state index < -0.39 is 6.10 Å². The van der Waals surface area contributed by atoms with E-state index in [1.807, 2.05) is 0 Å². The third-order valence-corrected chi connectivity index (χ3v) is 15.4. The number of hydrogen-bond donors (Lipinski definition) is 0. The van der Waals surface area contributed by atoms with Crippen LogP contribution in [0.3, 0.4) is 0 Å². The Labute approximate surface area is 503 Å². The highest BCUT2D eigenvalue weighted by Crippen LogP contribution is 2.18. The normalized spacial score (nSPS) is 12.6. The number of allylic oxidation sites excluding steroid dienone is 14. The maximum Gasteiger partial charge on any atom is 0.306 e. The van der Waals surface area contributed by atoms with Gasteiger partial charge in [0.2, 0.25) is 0 Å². The highest BCUT2D eigenvalue weighted by atomic mass is 16.6. The van der Waals surface area contributed by atoms with Crippen molar-refractivity contribution in [2.75, 3.05) is 13.2 Å². The van der Waals surface area contributed by atoms with Gasteiger partial charge in [0.15, 0.2) is 6.10 Å². The molecule has 0 aliphatic carbocycles. The standard InChI is InChI=1S/C75H132O6/c1-4-7-10-13-16-18-20-22-24-26-28-30-32-34-35-36-37-38-39-41-42-44-46-48-50-52-54-56-59-62-65-68-74(77)80-71-72(70-79-73(76)67-64-61-58-15-12-9-6-3)81-75(78)69-66-63-60-57-55-53-51-49-47-45-43-40-33-31-29-27-25-23-21-19-17-14-11-8-5-2/h8,11,17,19,23,25-26,28-29,31,40,43,47,49,72H,4-7,9-10,12-16,18,20-22,24,27,30,32-39,41-42,44-46,48,50-71H2,1-3H3/b11-8-,19-17-,25-23-,28-26-,31-29-,43-40-,49-47-. The quantitative estimate of drug-likeness (QED) is 0.0261. The molecule has 0 saturated heterocycles. The summed E-state index contributed by atoms with van der Waals surface area (Å²) < 4.78 is 16.9. The minimum absolute atomic E-state index is 0.0793. The molecule has 468 valence electrons. The summed E-state index contributed by atoms with van der Waals surface area (Å²) >= 11 is 0. The first-order chi connectivity index (χ1) is 40.0. The first-order valence-electron chi connectivity index (χ1n) is 35.1. The average molecular weight is 1130 g/mol. The Hall–Kier alpha value is -3.41. The Morgan fingerprint density at radius 2 is 0.481 bits per heavy atom. The molecule has 81 heavy (non-hydrogen) atoms. The molecule has 0 heterocycles. The number of ether oxygens (including phenoxy) is 3. The first kappa shape index (κ1) is 77.6. The summed E-state index contributed by atoms with van der Waals surface area (Å²) in [7, 11) is 0. The van der Waals surface area contributed by atoms with Gasteiger partial charge in [-0.15, -0.1) is 0 Å². The molecule has 0 fully saturated rings. The third kappa shape index (κ3) is 67.3. The van der Waals surface area contributed by atoms with Crippen LogP contribution in [-0.2, 0) is 28.6 Å². The lowest BCUT2D eigenvalue weighted by atomic mass is 10.0. The molecule has 0 bridgehead atoms. The largest absolute Gasteiger partial charge is 0.462 e.